The van der Waals surface area contributed by atoms with E-state index in [2.05, 4.69) is 6.92 Å². The first kappa shape index (κ1) is 17.1. The maximum Gasteiger partial charge on any atom is 0.407 e. The Labute approximate surface area is 132 Å². The number of carboxylic acid groups (broad SMARTS) is 1. The van der Waals surface area contributed by atoms with Crippen LogP contribution in [0.2, 0.25) is 0 Å². The van der Waals surface area contributed by atoms with Crippen LogP contribution >= 0.6 is 0 Å². The van der Waals surface area contributed by atoms with Gasteiger partial charge in [-0.3, -0.25) is 4.79 Å². The van der Waals surface area contributed by atoms with Gasteiger partial charge >= 0.3 is 6.09 Å². The first-order chi connectivity index (χ1) is 10.3. The summed E-state index contributed by atoms with van der Waals surface area (Å²) in [7, 11) is 0. The van der Waals surface area contributed by atoms with Gasteiger partial charge in [-0.15, -0.1) is 0 Å². The zero-order valence-electron chi connectivity index (χ0n) is 13.5. The summed E-state index contributed by atoms with van der Waals surface area (Å²) in [5, 5.41) is 9.16. The third-order valence-electron chi connectivity index (χ3n) is 5.24. The van der Waals surface area contributed by atoms with E-state index in [1.165, 1.54) is 30.6 Å². The Morgan fingerprint density at radius 3 is 2.36 bits per heavy atom. The molecule has 2 saturated carbocycles. The molecule has 2 rings (SSSR count). The van der Waals surface area contributed by atoms with Gasteiger partial charge < -0.3 is 20.5 Å². The molecule has 0 aliphatic heterocycles. The zero-order valence-corrected chi connectivity index (χ0v) is 13.5. The van der Waals surface area contributed by atoms with Crippen molar-refractivity contribution in [3.63, 3.8) is 0 Å². The van der Waals surface area contributed by atoms with Crippen molar-refractivity contribution in [1.29, 1.82) is 0 Å². The van der Waals surface area contributed by atoms with Gasteiger partial charge in [-0.2, -0.15) is 0 Å². The van der Waals surface area contributed by atoms with E-state index >= 15 is 0 Å². The van der Waals surface area contributed by atoms with Crippen LogP contribution in [0.25, 0.3) is 0 Å². The lowest BCUT2D eigenvalue weighted by Crippen LogP contribution is -2.47. The van der Waals surface area contributed by atoms with Gasteiger partial charge in [0.25, 0.3) is 0 Å². The van der Waals surface area contributed by atoms with Crippen molar-refractivity contribution in [3.05, 3.63) is 0 Å². The summed E-state index contributed by atoms with van der Waals surface area (Å²) in [5.41, 5.74) is 5.42. The molecule has 2 bridgehead atoms. The van der Waals surface area contributed by atoms with Crippen molar-refractivity contribution >= 4 is 12.0 Å². The molecule has 0 aromatic heterocycles. The van der Waals surface area contributed by atoms with Crippen LogP contribution in [0.15, 0.2) is 0 Å². The highest BCUT2D eigenvalue weighted by Crippen LogP contribution is 2.52. The van der Waals surface area contributed by atoms with E-state index in [1.807, 2.05) is 0 Å². The number of carbonyl (C=O) groups excluding carboxylic acids is 1. The summed E-state index contributed by atoms with van der Waals surface area (Å²) in [6.45, 7) is 3.17. The van der Waals surface area contributed by atoms with Gasteiger partial charge in [0.2, 0.25) is 5.91 Å². The largest absolute Gasteiger partial charge is 0.465 e. The molecule has 2 aliphatic rings. The molecule has 126 valence electrons. The molecule has 0 unspecified atom stereocenters. The molecule has 0 saturated heterocycles. The smallest absolute Gasteiger partial charge is 0.407 e. The molecule has 6 heteroatoms. The summed E-state index contributed by atoms with van der Waals surface area (Å²) >= 11 is 0. The Hall–Kier alpha value is -1.30. The lowest BCUT2D eigenvalue weighted by molar-refractivity contribution is -0.130. The fraction of sp³-hybridized carbons (Fsp3) is 0.875. The van der Waals surface area contributed by atoms with Crippen molar-refractivity contribution in [2.45, 2.75) is 63.9 Å². The van der Waals surface area contributed by atoms with E-state index in [4.69, 9.17) is 15.6 Å². The predicted octanol–water partition coefficient (Wildman–Crippen LogP) is 2.36. The first-order valence-corrected chi connectivity index (χ1v) is 8.24. The summed E-state index contributed by atoms with van der Waals surface area (Å²) in [4.78, 5) is 23.2. The average Bonchev–Trinajstić information content (AvgIpc) is 2.41. The standard InChI is InChI=1S/C16H28N2O4/c1-15-5-2-7-16(12-15,8-3-6-15)22-11-10-18(14(20)21)9-4-13(17)19/h2-12H2,1H3,(H2,17,19)(H,20,21). The molecule has 6 nitrogen and oxygen atoms in total. The molecule has 2 fully saturated rings. The first-order valence-electron chi connectivity index (χ1n) is 8.24. The lowest BCUT2D eigenvalue weighted by Gasteiger charge is -2.50. The monoisotopic (exact) mass is 312 g/mol. The highest BCUT2D eigenvalue weighted by molar-refractivity contribution is 5.74. The second-order valence-electron chi connectivity index (χ2n) is 7.21. The van der Waals surface area contributed by atoms with Crippen LogP contribution in [0, 0.1) is 5.41 Å². The van der Waals surface area contributed by atoms with E-state index in [0.717, 1.165) is 19.3 Å². The fourth-order valence-electron chi connectivity index (χ4n) is 4.17. The molecular formula is C16H28N2O4. The van der Waals surface area contributed by atoms with Gasteiger partial charge in [0, 0.05) is 19.5 Å². The summed E-state index contributed by atoms with van der Waals surface area (Å²) < 4.78 is 6.17. The van der Waals surface area contributed by atoms with Crippen molar-refractivity contribution in [3.8, 4) is 0 Å². The number of nitrogens with zero attached hydrogens (tertiary/aromatic N) is 1. The third-order valence-corrected chi connectivity index (χ3v) is 5.24. The topological polar surface area (TPSA) is 92.9 Å². The minimum Gasteiger partial charge on any atom is -0.465 e. The molecule has 22 heavy (non-hydrogen) atoms. The van der Waals surface area contributed by atoms with E-state index < -0.39 is 12.0 Å². The molecule has 0 heterocycles. The van der Waals surface area contributed by atoms with E-state index in [0.29, 0.717) is 18.6 Å². The Kier molecular flexibility index (Phi) is 5.32. The summed E-state index contributed by atoms with van der Waals surface area (Å²) in [6, 6.07) is 0. The third kappa shape index (κ3) is 4.35. The number of fused-ring (bicyclic) bond motifs is 2. The van der Waals surface area contributed by atoms with Crippen molar-refractivity contribution in [2.75, 3.05) is 19.7 Å². The van der Waals surface area contributed by atoms with Gasteiger partial charge in [-0.1, -0.05) is 19.8 Å². The number of hydrogen-bond acceptors (Lipinski definition) is 3. The fourth-order valence-corrected chi connectivity index (χ4v) is 4.17. The van der Waals surface area contributed by atoms with Gasteiger partial charge in [0.1, 0.15) is 0 Å². The van der Waals surface area contributed by atoms with Crippen LogP contribution in [0.5, 0.6) is 0 Å². The van der Waals surface area contributed by atoms with Crippen molar-refractivity contribution in [1.82, 2.24) is 4.90 Å². The highest BCUT2D eigenvalue weighted by Gasteiger charge is 2.45. The number of amides is 2. The van der Waals surface area contributed by atoms with Crippen LogP contribution in [-0.4, -0.2) is 47.3 Å². The van der Waals surface area contributed by atoms with Crippen LogP contribution in [0.1, 0.15) is 58.3 Å². The predicted molar refractivity (Wildman–Crippen MR) is 82.5 cm³/mol. The van der Waals surface area contributed by atoms with Gasteiger partial charge in [-0.05, 0) is 37.5 Å². The summed E-state index contributed by atoms with van der Waals surface area (Å²) in [5.74, 6) is -0.485. The quantitative estimate of drug-likeness (QED) is 0.754. The normalized spacial score (nSPS) is 30.8. The summed E-state index contributed by atoms with van der Waals surface area (Å²) in [6.07, 6.45) is 7.22. The maximum absolute atomic E-state index is 11.2. The Morgan fingerprint density at radius 2 is 1.82 bits per heavy atom. The minimum atomic E-state index is -1.03. The van der Waals surface area contributed by atoms with Gasteiger partial charge in [0.15, 0.2) is 0 Å². The second kappa shape index (κ2) is 6.86. The van der Waals surface area contributed by atoms with E-state index in [1.54, 1.807) is 0 Å². The molecular weight excluding hydrogens is 284 g/mol. The van der Waals surface area contributed by atoms with Crippen LogP contribution in [0.3, 0.4) is 0 Å². The minimum absolute atomic E-state index is 0.0511. The molecule has 0 radical (unpaired) electrons. The van der Waals surface area contributed by atoms with Crippen molar-refractivity contribution in [2.24, 2.45) is 11.1 Å². The molecule has 0 aromatic rings. The molecule has 0 atom stereocenters. The second-order valence-corrected chi connectivity index (χ2v) is 7.21. The number of carbonyl (C=O) groups is 2. The molecule has 3 N–H and O–H groups in total. The van der Waals surface area contributed by atoms with Crippen LogP contribution in [-0.2, 0) is 9.53 Å². The van der Waals surface area contributed by atoms with E-state index in [-0.39, 0.29) is 18.6 Å². The number of primary amides is 1. The zero-order chi connectivity index (χ0) is 16.2. The highest BCUT2D eigenvalue weighted by atomic mass is 16.5. The van der Waals surface area contributed by atoms with Gasteiger partial charge in [-0.25, -0.2) is 4.79 Å². The Balaban J connectivity index is 1.83. The number of hydrogen-bond donors (Lipinski definition) is 2. The molecule has 0 spiro atoms. The number of nitrogens with two attached hydrogens (primary N) is 1. The number of rotatable bonds is 7. The number of ether oxygens (including phenoxy) is 1. The molecule has 2 aliphatic carbocycles. The van der Waals surface area contributed by atoms with E-state index in [9.17, 15) is 9.59 Å². The average molecular weight is 312 g/mol. The molecule has 0 aromatic carbocycles. The maximum atomic E-state index is 11.2. The van der Waals surface area contributed by atoms with Gasteiger partial charge in [0.05, 0.1) is 12.2 Å². The Morgan fingerprint density at radius 1 is 1.18 bits per heavy atom. The molecule has 2 amide bonds. The van der Waals surface area contributed by atoms with Crippen molar-refractivity contribution < 1.29 is 19.4 Å². The lowest BCUT2D eigenvalue weighted by atomic mass is 9.61. The Bertz CT molecular complexity index is 414. The van der Waals surface area contributed by atoms with Crippen LogP contribution < -0.4 is 5.73 Å². The SMILES string of the molecule is CC12CCCC(OCCN(CCC(N)=O)C(=O)O)(CCC1)C2. The van der Waals surface area contributed by atoms with Crippen LogP contribution in [0.4, 0.5) is 4.79 Å².